The number of hydrogen-bond donors (Lipinski definition) is 1. The zero-order valence-corrected chi connectivity index (χ0v) is 21.5. The van der Waals surface area contributed by atoms with Crippen LogP contribution in [0.25, 0.3) is 0 Å². The summed E-state index contributed by atoms with van der Waals surface area (Å²) >= 11 is 6.56. The van der Waals surface area contributed by atoms with Crippen LogP contribution in [0.2, 0.25) is 5.02 Å². The van der Waals surface area contributed by atoms with E-state index in [9.17, 15) is 9.59 Å². The zero-order valence-electron chi connectivity index (χ0n) is 20.7. The summed E-state index contributed by atoms with van der Waals surface area (Å²) in [4.78, 5) is 29.1. The number of benzene rings is 3. The predicted molar refractivity (Wildman–Crippen MR) is 145 cm³/mol. The van der Waals surface area contributed by atoms with Crippen molar-refractivity contribution in [2.45, 2.75) is 26.2 Å². The van der Waals surface area contributed by atoms with Crippen molar-refractivity contribution in [3.63, 3.8) is 0 Å². The van der Waals surface area contributed by atoms with Gasteiger partial charge in [0.25, 0.3) is 11.8 Å². The molecule has 0 radical (unpaired) electrons. The summed E-state index contributed by atoms with van der Waals surface area (Å²) < 4.78 is 5.63. The van der Waals surface area contributed by atoms with E-state index in [-0.39, 0.29) is 18.4 Å². The Kier molecular flexibility index (Phi) is 8.49. The molecule has 1 N–H and O–H groups in total. The molecule has 1 unspecified atom stereocenters. The van der Waals surface area contributed by atoms with E-state index in [0.717, 1.165) is 12.1 Å². The monoisotopic (exact) mass is 505 g/mol. The SMILES string of the molecule is CCC(C)c1ccc(OCC(=O)Nc2ccc(N3CCN(C(=O)c4ccccc4)CC3)c(Cl)c2)cc1. The lowest BCUT2D eigenvalue weighted by atomic mass is 9.99. The number of nitrogens with zero attached hydrogens (tertiary/aromatic N) is 2. The molecule has 3 aromatic rings. The van der Waals surface area contributed by atoms with Gasteiger partial charge in [-0.25, -0.2) is 0 Å². The molecule has 7 heteroatoms. The van der Waals surface area contributed by atoms with Crippen LogP contribution < -0.4 is 15.0 Å². The molecule has 4 rings (SSSR count). The third-order valence-corrected chi connectivity index (χ3v) is 6.89. The molecule has 0 saturated carbocycles. The van der Waals surface area contributed by atoms with Crippen molar-refractivity contribution in [2.24, 2.45) is 0 Å². The number of hydrogen-bond acceptors (Lipinski definition) is 4. The third-order valence-electron chi connectivity index (χ3n) is 6.59. The Bertz CT molecular complexity index is 1180. The summed E-state index contributed by atoms with van der Waals surface area (Å²) in [5.41, 5.74) is 3.46. The summed E-state index contributed by atoms with van der Waals surface area (Å²) in [6.45, 7) is 6.89. The summed E-state index contributed by atoms with van der Waals surface area (Å²) in [5.74, 6) is 0.956. The third kappa shape index (κ3) is 6.38. The van der Waals surface area contributed by atoms with Crippen molar-refractivity contribution >= 4 is 34.8 Å². The summed E-state index contributed by atoms with van der Waals surface area (Å²) in [6, 6.07) is 22.7. The highest BCUT2D eigenvalue weighted by Crippen LogP contribution is 2.30. The highest BCUT2D eigenvalue weighted by Gasteiger charge is 2.23. The Labute approximate surface area is 217 Å². The normalized spacial score (nSPS) is 14.3. The van der Waals surface area contributed by atoms with Gasteiger partial charge in [0, 0.05) is 37.4 Å². The molecule has 1 atom stereocenters. The van der Waals surface area contributed by atoms with Crippen LogP contribution in [0.4, 0.5) is 11.4 Å². The number of nitrogens with one attached hydrogen (secondary N) is 1. The van der Waals surface area contributed by atoms with Crippen LogP contribution in [-0.2, 0) is 4.79 Å². The highest BCUT2D eigenvalue weighted by atomic mass is 35.5. The quantitative estimate of drug-likeness (QED) is 0.418. The fraction of sp³-hybridized carbons (Fsp3) is 0.310. The van der Waals surface area contributed by atoms with Gasteiger partial charge in [-0.15, -0.1) is 0 Å². The first-order chi connectivity index (χ1) is 17.4. The first-order valence-electron chi connectivity index (χ1n) is 12.4. The van der Waals surface area contributed by atoms with Crippen LogP contribution in [0.5, 0.6) is 5.75 Å². The average molecular weight is 506 g/mol. The van der Waals surface area contributed by atoms with E-state index >= 15 is 0 Å². The number of piperazine rings is 1. The van der Waals surface area contributed by atoms with E-state index in [1.54, 1.807) is 6.07 Å². The minimum Gasteiger partial charge on any atom is -0.484 e. The summed E-state index contributed by atoms with van der Waals surface area (Å²) in [6.07, 6.45) is 1.08. The Hall–Kier alpha value is -3.51. The van der Waals surface area contributed by atoms with Crippen molar-refractivity contribution in [1.82, 2.24) is 4.90 Å². The largest absolute Gasteiger partial charge is 0.484 e. The molecular weight excluding hydrogens is 474 g/mol. The molecule has 36 heavy (non-hydrogen) atoms. The number of ether oxygens (including phenoxy) is 1. The van der Waals surface area contributed by atoms with Gasteiger partial charge in [-0.1, -0.05) is 55.8 Å². The first-order valence-corrected chi connectivity index (χ1v) is 12.7. The van der Waals surface area contributed by atoms with E-state index in [1.807, 2.05) is 71.6 Å². The second-order valence-corrected chi connectivity index (χ2v) is 9.43. The van der Waals surface area contributed by atoms with E-state index in [2.05, 4.69) is 24.1 Å². The molecule has 3 aromatic carbocycles. The van der Waals surface area contributed by atoms with Crippen molar-refractivity contribution < 1.29 is 14.3 Å². The molecule has 6 nitrogen and oxygen atoms in total. The van der Waals surface area contributed by atoms with Crippen molar-refractivity contribution in [2.75, 3.05) is 43.0 Å². The molecule has 1 saturated heterocycles. The lowest BCUT2D eigenvalue weighted by Crippen LogP contribution is -2.48. The smallest absolute Gasteiger partial charge is 0.262 e. The van der Waals surface area contributed by atoms with E-state index in [4.69, 9.17) is 16.3 Å². The van der Waals surface area contributed by atoms with Crippen LogP contribution in [-0.4, -0.2) is 49.5 Å². The Balaban J connectivity index is 1.27. The number of carbonyl (C=O) groups excluding carboxylic acids is 2. The van der Waals surface area contributed by atoms with Crippen LogP contribution in [0.3, 0.4) is 0 Å². The molecule has 0 aliphatic carbocycles. The summed E-state index contributed by atoms with van der Waals surface area (Å²) in [7, 11) is 0. The molecule has 1 aliphatic heterocycles. The van der Waals surface area contributed by atoms with Crippen molar-refractivity contribution in [3.8, 4) is 5.75 Å². The molecule has 1 fully saturated rings. The molecule has 1 aliphatic rings. The van der Waals surface area contributed by atoms with Gasteiger partial charge in [0.2, 0.25) is 0 Å². The molecule has 0 aromatic heterocycles. The minimum atomic E-state index is -0.252. The van der Waals surface area contributed by atoms with Crippen LogP contribution in [0, 0.1) is 0 Å². The van der Waals surface area contributed by atoms with Crippen LogP contribution in [0.1, 0.15) is 42.1 Å². The van der Waals surface area contributed by atoms with E-state index in [1.165, 1.54) is 5.56 Å². The second kappa shape index (κ2) is 12.0. The van der Waals surface area contributed by atoms with Gasteiger partial charge in [-0.2, -0.15) is 0 Å². The maximum Gasteiger partial charge on any atom is 0.262 e. The fourth-order valence-corrected chi connectivity index (χ4v) is 4.53. The topological polar surface area (TPSA) is 61.9 Å². The van der Waals surface area contributed by atoms with Gasteiger partial charge in [-0.3, -0.25) is 9.59 Å². The number of carbonyl (C=O) groups is 2. The highest BCUT2D eigenvalue weighted by molar-refractivity contribution is 6.33. The maximum atomic E-state index is 12.7. The maximum absolute atomic E-state index is 12.7. The number of amides is 2. The van der Waals surface area contributed by atoms with Crippen LogP contribution in [0.15, 0.2) is 72.8 Å². The Morgan fingerprint density at radius 1 is 0.972 bits per heavy atom. The van der Waals surface area contributed by atoms with Gasteiger partial charge >= 0.3 is 0 Å². The predicted octanol–water partition coefficient (Wildman–Crippen LogP) is 5.83. The standard InChI is InChI=1S/C29H32ClN3O3/c1-3-21(2)22-9-12-25(13-10-22)36-20-28(34)31-24-11-14-27(26(30)19-24)32-15-17-33(18-16-32)29(35)23-7-5-4-6-8-23/h4-14,19,21H,3,15-18,20H2,1-2H3,(H,31,34). The Morgan fingerprint density at radius 3 is 2.31 bits per heavy atom. The number of anilines is 2. The van der Waals surface area contributed by atoms with E-state index < -0.39 is 0 Å². The van der Waals surface area contributed by atoms with Gasteiger partial charge in [0.05, 0.1) is 10.7 Å². The molecule has 188 valence electrons. The average Bonchev–Trinajstić information content (AvgIpc) is 2.92. The minimum absolute atomic E-state index is 0.0492. The number of halogens is 1. The molecular formula is C29H32ClN3O3. The van der Waals surface area contributed by atoms with Gasteiger partial charge < -0.3 is 19.9 Å². The van der Waals surface area contributed by atoms with Crippen molar-refractivity contribution in [1.29, 1.82) is 0 Å². The summed E-state index contributed by atoms with van der Waals surface area (Å²) in [5, 5.41) is 3.40. The second-order valence-electron chi connectivity index (χ2n) is 9.03. The number of rotatable bonds is 8. The van der Waals surface area contributed by atoms with Gasteiger partial charge in [-0.05, 0) is 60.4 Å². The van der Waals surface area contributed by atoms with Crippen molar-refractivity contribution in [3.05, 3.63) is 88.9 Å². The molecule has 0 bridgehead atoms. The lowest BCUT2D eigenvalue weighted by Gasteiger charge is -2.36. The fourth-order valence-electron chi connectivity index (χ4n) is 4.23. The molecule has 0 spiro atoms. The van der Waals surface area contributed by atoms with Crippen LogP contribution >= 0.6 is 11.6 Å². The lowest BCUT2D eigenvalue weighted by molar-refractivity contribution is -0.118. The zero-order chi connectivity index (χ0) is 25.5. The first kappa shape index (κ1) is 25.6. The van der Waals surface area contributed by atoms with Gasteiger partial charge in [0.15, 0.2) is 6.61 Å². The Morgan fingerprint density at radius 2 is 1.67 bits per heavy atom. The molecule has 2 amide bonds. The molecule has 1 heterocycles. The van der Waals surface area contributed by atoms with E-state index in [0.29, 0.717) is 54.1 Å². The van der Waals surface area contributed by atoms with Gasteiger partial charge in [0.1, 0.15) is 5.75 Å².